The number of nitrogens with one attached hydrogen (secondary N) is 1. The molecule has 0 spiro atoms. The smallest absolute Gasteiger partial charge is 0.335 e. The average Bonchev–Trinajstić information content (AvgIpc) is 2.64. The standard InChI is InChI=1S/C20H21NO6S/c1-3-4-5-8-26-17-11-13(28(2,21)25)10-15-18(22)14-9-12(20(23)24)6-7-16(14)27-19(15)17/h6-7,9-11,21H,3-5,8H2,1-2H3,(H,23,24). The van der Waals surface area contributed by atoms with Crippen molar-refractivity contribution in [2.75, 3.05) is 12.9 Å². The van der Waals surface area contributed by atoms with Crippen LogP contribution < -0.4 is 10.2 Å². The van der Waals surface area contributed by atoms with Crippen molar-refractivity contribution in [2.24, 2.45) is 0 Å². The van der Waals surface area contributed by atoms with Crippen LogP contribution >= 0.6 is 0 Å². The molecule has 0 fully saturated rings. The summed E-state index contributed by atoms with van der Waals surface area (Å²) in [7, 11) is -3.10. The predicted molar refractivity (Wildman–Crippen MR) is 107 cm³/mol. The van der Waals surface area contributed by atoms with Gasteiger partial charge in [-0.25, -0.2) is 13.8 Å². The van der Waals surface area contributed by atoms with Gasteiger partial charge in [0.25, 0.3) is 0 Å². The first-order valence-electron chi connectivity index (χ1n) is 8.87. The number of benzene rings is 2. The minimum atomic E-state index is -3.10. The van der Waals surface area contributed by atoms with E-state index in [-0.39, 0.29) is 38.1 Å². The van der Waals surface area contributed by atoms with Crippen LogP contribution in [-0.2, 0) is 9.73 Å². The Balaban J connectivity index is 2.28. The normalized spacial score (nSPS) is 13.5. The average molecular weight is 403 g/mol. The summed E-state index contributed by atoms with van der Waals surface area (Å²) in [6.45, 7) is 2.47. The highest BCUT2D eigenvalue weighted by molar-refractivity contribution is 7.91. The molecule has 8 heteroatoms. The monoisotopic (exact) mass is 403 g/mol. The van der Waals surface area contributed by atoms with Crippen molar-refractivity contribution in [3.63, 3.8) is 0 Å². The molecule has 0 saturated carbocycles. The van der Waals surface area contributed by atoms with Crippen molar-refractivity contribution in [1.29, 1.82) is 4.78 Å². The number of fused-ring (bicyclic) bond motifs is 2. The van der Waals surface area contributed by atoms with E-state index in [1.165, 1.54) is 36.6 Å². The molecule has 0 amide bonds. The molecule has 0 aliphatic rings. The first-order chi connectivity index (χ1) is 13.2. The van der Waals surface area contributed by atoms with Gasteiger partial charge in [0.15, 0.2) is 11.3 Å². The number of hydrogen-bond donors (Lipinski definition) is 2. The van der Waals surface area contributed by atoms with E-state index in [1.807, 2.05) is 0 Å². The zero-order chi connectivity index (χ0) is 20.5. The molecule has 3 rings (SSSR count). The molecule has 1 unspecified atom stereocenters. The van der Waals surface area contributed by atoms with Crippen molar-refractivity contribution in [1.82, 2.24) is 0 Å². The van der Waals surface area contributed by atoms with Crippen LogP contribution in [-0.4, -0.2) is 28.1 Å². The first-order valence-corrected chi connectivity index (χ1v) is 10.8. The van der Waals surface area contributed by atoms with Crippen molar-refractivity contribution in [2.45, 2.75) is 31.1 Å². The summed E-state index contributed by atoms with van der Waals surface area (Å²) in [6, 6.07) is 6.88. The van der Waals surface area contributed by atoms with Gasteiger partial charge < -0.3 is 14.3 Å². The Morgan fingerprint density at radius 1 is 1.21 bits per heavy atom. The van der Waals surface area contributed by atoms with E-state index in [0.29, 0.717) is 6.61 Å². The first kappa shape index (κ1) is 19.9. The van der Waals surface area contributed by atoms with Crippen LogP contribution in [0.5, 0.6) is 5.75 Å². The number of carbonyl (C=O) groups is 1. The molecule has 148 valence electrons. The van der Waals surface area contributed by atoms with Crippen LogP contribution in [0.4, 0.5) is 0 Å². The lowest BCUT2D eigenvalue weighted by atomic mass is 10.1. The van der Waals surface area contributed by atoms with E-state index >= 15 is 0 Å². The molecule has 3 aromatic rings. The minimum Gasteiger partial charge on any atom is -0.490 e. The maximum atomic E-state index is 13.0. The van der Waals surface area contributed by atoms with E-state index in [2.05, 4.69) is 6.92 Å². The second-order valence-electron chi connectivity index (χ2n) is 6.64. The zero-order valence-electron chi connectivity index (χ0n) is 15.6. The van der Waals surface area contributed by atoms with Gasteiger partial charge in [-0.15, -0.1) is 0 Å². The molecule has 0 aliphatic carbocycles. The molecule has 1 heterocycles. The number of ether oxygens (including phenoxy) is 1. The van der Waals surface area contributed by atoms with Gasteiger partial charge in [0.2, 0.25) is 5.43 Å². The molecule has 0 saturated heterocycles. The van der Waals surface area contributed by atoms with E-state index in [1.54, 1.807) is 0 Å². The quantitative estimate of drug-likeness (QED) is 0.450. The van der Waals surface area contributed by atoms with Crippen molar-refractivity contribution in [3.8, 4) is 5.75 Å². The summed E-state index contributed by atoms with van der Waals surface area (Å²) in [5.41, 5.74) is -0.0596. The lowest BCUT2D eigenvalue weighted by Crippen LogP contribution is -2.08. The Hall–Kier alpha value is -2.87. The van der Waals surface area contributed by atoms with Gasteiger partial charge in [-0.3, -0.25) is 4.79 Å². The summed E-state index contributed by atoms with van der Waals surface area (Å²) >= 11 is 0. The number of aromatic carboxylic acids is 1. The number of carboxylic acids is 1. The number of rotatable bonds is 7. The summed E-state index contributed by atoms with van der Waals surface area (Å²) in [4.78, 5) is 24.4. The Bertz CT molecular complexity index is 1230. The summed E-state index contributed by atoms with van der Waals surface area (Å²) < 4.78 is 31.8. The summed E-state index contributed by atoms with van der Waals surface area (Å²) in [5, 5.41) is 9.39. The van der Waals surface area contributed by atoms with Gasteiger partial charge >= 0.3 is 5.97 Å². The van der Waals surface area contributed by atoms with Gasteiger partial charge in [-0.1, -0.05) is 19.8 Å². The van der Waals surface area contributed by atoms with Crippen molar-refractivity contribution < 1.29 is 23.3 Å². The van der Waals surface area contributed by atoms with Crippen LogP contribution in [0.3, 0.4) is 0 Å². The zero-order valence-corrected chi connectivity index (χ0v) is 16.4. The third-order valence-corrected chi connectivity index (χ3v) is 5.55. The summed E-state index contributed by atoms with van der Waals surface area (Å²) in [6.07, 6.45) is 4.07. The SMILES string of the molecule is CCCCCOc1cc(S(C)(=N)=O)cc2c(=O)c3cc(C(=O)O)ccc3oc12. The van der Waals surface area contributed by atoms with E-state index in [9.17, 15) is 13.8 Å². The molecule has 1 atom stereocenters. The molecule has 28 heavy (non-hydrogen) atoms. The number of carboxylic acid groups (broad SMARTS) is 1. The van der Waals surface area contributed by atoms with E-state index < -0.39 is 21.1 Å². The fourth-order valence-electron chi connectivity index (χ4n) is 2.90. The van der Waals surface area contributed by atoms with Gasteiger partial charge in [0, 0.05) is 12.3 Å². The lowest BCUT2D eigenvalue weighted by molar-refractivity contribution is 0.0697. The van der Waals surface area contributed by atoms with Crippen LogP contribution in [0.2, 0.25) is 0 Å². The van der Waals surface area contributed by atoms with Crippen LogP contribution in [0.1, 0.15) is 36.5 Å². The Morgan fingerprint density at radius 2 is 1.96 bits per heavy atom. The minimum absolute atomic E-state index is 0.0360. The van der Waals surface area contributed by atoms with Gasteiger partial charge in [0.05, 0.1) is 37.6 Å². The molecule has 2 N–H and O–H groups in total. The lowest BCUT2D eigenvalue weighted by Gasteiger charge is -2.12. The second-order valence-corrected chi connectivity index (χ2v) is 8.80. The van der Waals surface area contributed by atoms with Crippen molar-refractivity contribution in [3.05, 3.63) is 46.1 Å². The highest BCUT2D eigenvalue weighted by Crippen LogP contribution is 2.31. The van der Waals surface area contributed by atoms with Gasteiger partial charge in [0.1, 0.15) is 5.58 Å². The summed E-state index contributed by atoms with van der Waals surface area (Å²) in [5.74, 6) is -0.899. The highest BCUT2D eigenvalue weighted by atomic mass is 32.2. The van der Waals surface area contributed by atoms with Crippen LogP contribution in [0, 0.1) is 4.78 Å². The molecule has 7 nitrogen and oxygen atoms in total. The third kappa shape index (κ3) is 3.87. The predicted octanol–water partition coefficient (Wildman–Crippen LogP) is 4.25. The molecular weight excluding hydrogens is 382 g/mol. The molecule has 2 aromatic carbocycles. The molecule has 0 bridgehead atoms. The number of unbranched alkanes of at least 4 members (excludes halogenated alkanes) is 2. The maximum Gasteiger partial charge on any atom is 0.335 e. The third-order valence-electron chi connectivity index (χ3n) is 4.41. The second kappa shape index (κ2) is 7.63. The van der Waals surface area contributed by atoms with Crippen LogP contribution in [0.25, 0.3) is 21.9 Å². The van der Waals surface area contributed by atoms with E-state index in [4.69, 9.17) is 19.0 Å². The molecular formula is C20H21NO6S. The topological polar surface area (TPSA) is 118 Å². The fraction of sp³-hybridized carbons (Fsp3) is 0.300. The van der Waals surface area contributed by atoms with E-state index in [0.717, 1.165) is 19.3 Å². The van der Waals surface area contributed by atoms with Gasteiger partial charge in [-0.05, 0) is 30.7 Å². The van der Waals surface area contributed by atoms with Crippen LogP contribution in [0.15, 0.2) is 44.4 Å². The number of hydrogen-bond acceptors (Lipinski definition) is 6. The largest absolute Gasteiger partial charge is 0.490 e. The Labute approximate surface area is 161 Å². The molecule has 0 radical (unpaired) electrons. The maximum absolute atomic E-state index is 13.0. The molecule has 0 aliphatic heterocycles. The fourth-order valence-corrected chi connectivity index (χ4v) is 3.58. The van der Waals surface area contributed by atoms with Gasteiger partial charge in [-0.2, -0.15) is 0 Å². The Kier molecular flexibility index (Phi) is 5.42. The molecule has 1 aromatic heterocycles. The Morgan fingerprint density at radius 3 is 2.61 bits per heavy atom. The highest BCUT2D eigenvalue weighted by Gasteiger charge is 2.18. The van der Waals surface area contributed by atoms with Crippen molar-refractivity contribution >= 4 is 37.6 Å².